The second-order valence-corrected chi connectivity index (χ2v) is 8.27. The van der Waals surface area contributed by atoms with Crippen molar-refractivity contribution in [1.29, 1.82) is 0 Å². The van der Waals surface area contributed by atoms with E-state index in [2.05, 4.69) is 43.0 Å². The zero-order valence-electron chi connectivity index (χ0n) is 19.0. The number of hydrogen-bond acceptors (Lipinski definition) is 10. The summed E-state index contributed by atoms with van der Waals surface area (Å²) in [5, 5.41) is 19.7. The highest BCUT2D eigenvalue weighted by atomic mass is 16.6. The van der Waals surface area contributed by atoms with Gasteiger partial charge in [0.1, 0.15) is 0 Å². The summed E-state index contributed by atoms with van der Waals surface area (Å²) in [7, 11) is 3.95. The van der Waals surface area contributed by atoms with E-state index < -0.39 is 5.91 Å². The average Bonchev–Trinajstić information content (AvgIpc) is 3.41. The molecule has 0 radical (unpaired) electrons. The van der Waals surface area contributed by atoms with Gasteiger partial charge in [-0.1, -0.05) is 23.8 Å². The van der Waals surface area contributed by atoms with Crippen molar-refractivity contribution in [2.75, 3.05) is 31.3 Å². The van der Waals surface area contributed by atoms with Crippen molar-refractivity contribution in [3.05, 3.63) is 41.2 Å². The minimum Gasteiger partial charge on any atom is -0.378 e. The van der Waals surface area contributed by atoms with Gasteiger partial charge in [-0.3, -0.25) is 9.69 Å². The molecule has 0 aliphatic carbocycles. The number of nitrogens with one attached hydrogen (secondary N) is 1. The van der Waals surface area contributed by atoms with Gasteiger partial charge in [-0.2, -0.15) is 9.78 Å². The van der Waals surface area contributed by atoms with Gasteiger partial charge in [0, 0.05) is 32.4 Å². The number of carbonyl (C=O) groups excluding carboxylic acids is 1. The molecular formula is C21H28N10O2. The Hall–Kier alpha value is -3.80. The fourth-order valence-corrected chi connectivity index (χ4v) is 3.79. The molecule has 2 aromatic heterocycles. The molecule has 1 unspecified atom stereocenters. The molecule has 1 fully saturated rings. The Morgan fingerprint density at radius 1 is 1.30 bits per heavy atom. The molecule has 0 spiro atoms. The number of nitrogens with two attached hydrogens (primary N) is 1. The SMILES string of the molecule is CC1CCCCN1Cc1c(C(=O)N/N=C\c2ccc(N(C)C)cc2)nnn1-c1nonc1N. The van der Waals surface area contributed by atoms with Crippen molar-refractivity contribution >= 4 is 23.6 Å². The van der Waals surface area contributed by atoms with E-state index in [1.165, 1.54) is 11.1 Å². The molecule has 4 rings (SSSR count). The molecular weight excluding hydrogens is 424 g/mol. The summed E-state index contributed by atoms with van der Waals surface area (Å²) in [6, 6.07) is 8.16. The van der Waals surface area contributed by atoms with Gasteiger partial charge in [-0.05, 0) is 54.3 Å². The molecule has 12 nitrogen and oxygen atoms in total. The van der Waals surface area contributed by atoms with Gasteiger partial charge < -0.3 is 10.6 Å². The molecule has 1 aliphatic heterocycles. The average molecular weight is 453 g/mol. The molecule has 3 heterocycles. The van der Waals surface area contributed by atoms with Crippen LogP contribution in [0.2, 0.25) is 0 Å². The standard InChI is InChI=1S/C21H28N10O2/c1-14-6-4-5-11-30(14)13-17-18(24-28-31(17)20-19(22)26-33-27-20)21(32)25-23-12-15-7-9-16(10-8-15)29(2)3/h7-10,12,14H,4-6,11,13H2,1-3H3,(H2,22,26)(H,25,32)/b23-12-. The fourth-order valence-electron chi connectivity index (χ4n) is 3.79. The molecule has 1 saturated heterocycles. The minimum absolute atomic E-state index is 0.0685. The minimum atomic E-state index is -0.475. The fraction of sp³-hybridized carbons (Fsp3) is 0.429. The predicted molar refractivity (Wildman–Crippen MR) is 123 cm³/mol. The largest absolute Gasteiger partial charge is 0.378 e. The van der Waals surface area contributed by atoms with Crippen molar-refractivity contribution < 1.29 is 9.42 Å². The summed E-state index contributed by atoms with van der Waals surface area (Å²) in [5.41, 5.74) is 11.0. The molecule has 1 atom stereocenters. The lowest BCUT2D eigenvalue weighted by Gasteiger charge is -2.33. The van der Waals surface area contributed by atoms with E-state index in [4.69, 9.17) is 10.4 Å². The van der Waals surface area contributed by atoms with Crippen LogP contribution in [-0.2, 0) is 6.54 Å². The molecule has 12 heteroatoms. The first-order valence-electron chi connectivity index (χ1n) is 10.8. The molecule has 174 valence electrons. The molecule has 0 bridgehead atoms. The first-order valence-corrected chi connectivity index (χ1v) is 10.8. The number of hydrazone groups is 1. The zero-order chi connectivity index (χ0) is 23.4. The van der Waals surface area contributed by atoms with Gasteiger partial charge in [0.25, 0.3) is 5.91 Å². The maximum Gasteiger partial charge on any atom is 0.293 e. The molecule has 1 aromatic carbocycles. The second-order valence-electron chi connectivity index (χ2n) is 8.27. The van der Waals surface area contributed by atoms with E-state index in [0.29, 0.717) is 18.3 Å². The topological polar surface area (TPSA) is 144 Å². The second kappa shape index (κ2) is 9.77. The van der Waals surface area contributed by atoms with Crippen LogP contribution in [0.5, 0.6) is 0 Å². The normalized spacial score (nSPS) is 16.9. The van der Waals surface area contributed by atoms with E-state index in [-0.39, 0.29) is 17.3 Å². The number of carbonyl (C=O) groups is 1. The highest BCUT2D eigenvalue weighted by molar-refractivity contribution is 5.94. The van der Waals surface area contributed by atoms with Gasteiger partial charge in [0.05, 0.1) is 11.9 Å². The number of anilines is 2. The van der Waals surface area contributed by atoms with Crippen molar-refractivity contribution in [1.82, 2.24) is 35.6 Å². The van der Waals surface area contributed by atoms with Gasteiger partial charge in [0.15, 0.2) is 5.69 Å². The van der Waals surface area contributed by atoms with E-state index in [1.807, 2.05) is 43.3 Å². The number of piperidine rings is 1. The molecule has 3 N–H and O–H groups in total. The Labute approximate surface area is 191 Å². The first kappa shape index (κ1) is 22.4. The van der Waals surface area contributed by atoms with Crippen molar-refractivity contribution in [3.8, 4) is 5.82 Å². The maximum absolute atomic E-state index is 12.9. The number of hydrogen-bond donors (Lipinski definition) is 2. The predicted octanol–water partition coefficient (Wildman–Crippen LogP) is 1.44. The lowest BCUT2D eigenvalue weighted by molar-refractivity contribution is 0.0945. The number of rotatable bonds is 7. The van der Waals surface area contributed by atoms with E-state index >= 15 is 0 Å². The summed E-state index contributed by atoms with van der Waals surface area (Å²) in [6.07, 6.45) is 4.95. The van der Waals surface area contributed by atoms with Crippen LogP contribution in [0.4, 0.5) is 11.5 Å². The van der Waals surface area contributed by atoms with Crippen LogP contribution < -0.4 is 16.1 Å². The Bertz CT molecular complexity index is 1120. The molecule has 33 heavy (non-hydrogen) atoms. The summed E-state index contributed by atoms with van der Waals surface area (Å²) >= 11 is 0. The Kier molecular flexibility index (Phi) is 6.63. The van der Waals surface area contributed by atoms with Gasteiger partial charge >= 0.3 is 0 Å². The number of aromatic nitrogens is 5. The van der Waals surface area contributed by atoms with E-state index in [9.17, 15) is 4.79 Å². The maximum atomic E-state index is 12.9. The lowest BCUT2D eigenvalue weighted by Crippen LogP contribution is -2.38. The van der Waals surface area contributed by atoms with Crippen LogP contribution in [0.25, 0.3) is 5.82 Å². The van der Waals surface area contributed by atoms with Crippen LogP contribution in [0.15, 0.2) is 34.0 Å². The highest BCUT2D eigenvalue weighted by Crippen LogP contribution is 2.22. The third kappa shape index (κ3) is 5.00. The van der Waals surface area contributed by atoms with E-state index in [0.717, 1.165) is 30.6 Å². The molecule has 1 aliphatic rings. The summed E-state index contributed by atoms with van der Waals surface area (Å²) in [4.78, 5) is 17.2. The number of nitrogen functional groups attached to an aromatic ring is 1. The van der Waals surface area contributed by atoms with Gasteiger partial charge in [-0.15, -0.1) is 5.10 Å². The third-order valence-corrected chi connectivity index (χ3v) is 5.76. The summed E-state index contributed by atoms with van der Waals surface area (Å²) in [5.74, 6) is -0.207. The number of benzene rings is 1. The van der Waals surface area contributed by atoms with Gasteiger partial charge in [0.2, 0.25) is 11.6 Å². The van der Waals surface area contributed by atoms with Crippen LogP contribution >= 0.6 is 0 Å². The van der Waals surface area contributed by atoms with Crippen LogP contribution in [0.3, 0.4) is 0 Å². The third-order valence-electron chi connectivity index (χ3n) is 5.76. The number of amides is 1. The van der Waals surface area contributed by atoms with Crippen molar-refractivity contribution in [2.45, 2.75) is 38.8 Å². The number of likely N-dealkylation sites (tertiary alicyclic amines) is 1. The van der Waals surface area contributed by atoms with Crippen LogP contribution in [0, 0.1) is 0 Å². The van der Waals surface area contributed by atoms with Gasteiger partial charge in [-0.25, -0.2) is 10.1 Å². The van der Waals surface area contributed by atoms with Crippen molar-refractivity contribution in [2.24, 2.45) is 5.10 Å². The Morgan fingerprint density at radius 2 is 2.09 bits per heavy atom. The summed E-state index contributed by atoms with van der Waals surface area (Å²) in [6.45, 7) is 3.55. The smallest absolute Gasteiger partial charge is 0.293 e. The van der Waals surface area contributed by atoms with Crippen LogP contribution in [0.1, 0.15) is 47.9 Å². The highest BCUT2D eigenvalue weighted by Gasteiger charge is 2.28. The quantitative estimate of drug-likeness (QED) is 0.402. The monoisotopic (exact) mass is 452 g/mol. The van der Waals surface area contributed by atoms with Crippen LogP contribution in [-0.4, -0.2) is 69.0 Å². The first-order chi connectivity index (χ1) is 15.9. The summed E-state index contributed by atoms with van der Waals surface area (Å²) < 4.78 is 6.13. The molecule has 0 saturated carbocycles. The molecule has 1 amide bonds. The Morgan fingerprint density at radius 3 is 2.76 bits per heavy atom. The van der Waals surface area contributed by atoms with Crippen molar-refractivity contribution in [3.63, 3.8) is 0 Å². The van der Waals surface area contributed by atoms with E-state index in [1.54, 1.807) is 6.21 Å². The Balaban J connectivity index is 1.55. The molecule has 3 aromatic rings. The zero-order valence-corrected chi connectivity index (χ0v) is 19.0. The lowest BCUT2D eigenvalue weighted by atomic mass is 10.0. The number of nitrogens with zero attached hydrogens (tertiary/aromatic N) is 8.